The van der Waals surface area contributed by atoms with E-state index in [9.17, 15) is 0 Å². The van der Waals surface area contributed by atoms with Crippen LogP contribution in [0.5, 0.6) is 0 Å². The lowest BCUT2D eigenvalue weighted by atomic mass is 10.2. The van der Waals surface area contributed by atoms with Crippen LogP contribution in [-0.4, -0.2) is 54.0 Å². The number of nitrogens with zero attached hydrogens (tertiary/aromatic N) is 3. The zero-order valence-electron chi connectivity index (χ0n) is 10.7. The van der Waals surface area contributed by atoms with E-state index in [4.69, 9.17) is 11.1 Å². The van der Waals surface area contributed by atoms with E-state index in [1.165, 1.54) is 0 Å². The molecule has 6 heteroatoms. The number of piperazine rings is 1. The van der Waals surface area contributed by atoms with Crippen molar-refractivity contribution in [2.24, 2.45) is 5.73 Å². The van der Waals surface area contributed by atoms with Gasteiger partial charge in [0.05, 0.1) is 17.6 Å². The van der Waals surface area contributed by atoms with Crippen LogP contribution < -0.4 is 11.1 Å². The van der Waals surface area contributed by atoms with Crippen molar-refractivity contribution in [1.29, 1.82) is 5.41 Å². The largest absolute Gasteiger partial charge is 0.370 e. The van der Waals surface area contributed by atoms with E-state index < -0.39 is 0 Å². The number of nitrogens with two attached hydrogens (primary N) is 1. The van der Waals surface area contributed by atoms with E-state index >= 15 is 0 Å². The number of hydrogen-bond donors (Lipinski definition) is 3. The summed E-state index contributed by atoms with van der Waals surface area (Å²) in [6.45, 7) is 5.29. The fourth-order valence-electron chi connectivity index (χ4n) is 1.98. The summed E-state index contributed by atoms with van der Waals surface area (Å²) in [5.74, 6) is -0.0661. The lowest BCUT2D eigenvalue weighted by Gasteiger charge is -2.32. The molecule has 0 spiro atoms. The summed E-state index contributed by atoms with van der Waals surface area (Å²) in [5.41, 5.74) is 7.06. The zero-order valence-corrected chi connectivity index (χ0v) is 10.7. The Balaban J connectivity index is 1.88. The number of aromatic nitrogens is 1. The molecule has 2 heterocycles. The van der Waals surface area contributed by atoms with Gasteiger partial charge in [0.1, 0.15) is 0 Å². The van der Waals surface area contributed by atoms with Crippen molar-refractivity contribution in [2.45, 2.75) is 6.54 Å². The minimum Gasteiger partial charge on any atom is -0.370 e. The van der Waals surface area contributed by atoms with Crippen LogP contribution in [0.2, 0.25) is 0 Å². The van der Waals surface area contributed by atoms with Gasteiger partial charge >= 0.3 is 0 Å². The molecule has 1 saturated heterocycles. The van der Waals surface area contributed by atoms with Crippen molar-refractivity contribution in [2.75, 3.05) is 38.5 Å². The molecule has 2 rings (SSSR count). The number of likely N-dealkylation sites (N-methyl/N-ethyl adjacent to an activating group) is 1. The minimum absolute atomic E-state index is 0.0661. The predicted octanol–water partition coefficient (Wildman–Crippen LogP) is 0.134. The average Bonchev–Trinajstić information content (AvgIpc) is 2.34. The van der Waals surface area contributed by atoms with Gasteiger partial charge in [0.25, 0.3) is 0 Å². The molecule has 0 radical (unpaired) electrons. The van der Waals surface area contributed by atoms with E-state index in [0.717, 1.165) is 44.1 Å². The van der Waals surface area contributed by atoms with Gasteiger partial charge in [-0.05, 0) is 19.2 Å². The number of anilines is 1. The molecule has 0 aromatic carbocycles. The van der Waals surface area contributed by atoms with E-state index in [1.54, 1.807) is 6.20 Å². The third-order valence-electron chi connectivity index (χ3n) is 3.09. The molecular weight excluding hydrogens is 228 g/mol. The predicted molar refractivity (Wildman–Crippen MR) is 72.5 cm³/mol. The lowest BCUT2D eigenvalue weighted by molar-refractivity contribution is 0.147. The first-order valence-electron chi connectivity index (χ1n) is 6.10. The van der Waals surface area contributed by atoms with E-state index in [1.807, 2.05) is 12.1 Å². The highest BCUT2D eigenvalue weighted by molar-refractivity contribution is 5.89. The molecule has 98 valence electrons. The highest BCUT2D eigenvalue weighted by Gasteiger charge is 2.14. The molecule has 1 aliphatic rings. The standard InChI is InChI=1S/C12H20N6/c1-17-4-6-18(7-5-17)9-11-3-2-10(8-15-11)16-12(13)14/h2-3,8H,4-7,9H2,1H3,(H4,13,14,16). The lowest BCUT2D eigenvalue weighted by Crippen LogP contribution is -2.44. The molecule has 0 atom stereocenters. The molecular formula is C12H20N6. The molecule has 0 aliphatic carbocycles. The zero-order chi connectivity index (χ0) is 13.0. The summed E-state index contributed by atoms with van der Waals surface area (Å²) in [7, 11) is 2.15. The van der Waals surface area contributed by atoms with E-state index in [0.29, 0.717) is 0 Å². The highest BCUT2D eigenvalue weighted by atomic mass is 15.2. The van der Waals surface area contributed by atoms with Crippen molar-refractivity contribution >= 4 is 11.6 Å². The summed E-state index contributed by atoms with van der Waals surface area (Å²) >= 11 is 0. The number of pyridine rings is 1. The molecule has 1 fully saturated rings. The van der Waals surface area contributed by atoms with Crippen LogP contribution in [0.15, 0.2) is 18.3 Å². The summed E-state index contributed by atoms with van der Waals surface area (Å²) < 4.78 is 0. The molecule has 0 unspecified atom stereocenters. The first-order valence-corrected chi connectivity index (χ1v) is 6.10. The summed E-state index contributed by atoms with van der Waals surface area (Å²) in [6, 6.07) is 3.88. The van der Waals surface area contributed by atoms with Crippen LogP contribution in [0.3, 0.4) is 0 Å². The van der Waals surface area contributed by atoms with Gasteiger partial charge in [0.2, 0.25) is 0 Å². The normalized spacial score (nSPS) is 17.6. The molecule has 0 saturated carbocycles. The van der Waals surface area contributed by atoms with Gasteiger partial charge in [-0.1, -0.05) is 0 Å². The third kappa shape index (κ3) is 3.68. The number of hydrogen-bond acceptors (Lipinski definition) is 4. The fourth-order valence-corrected chi connectivity index (χ4v) is 1.98. The van der Waals surface area contributed by atoms with Gasteiger partial charge < -0.3 is 16.0 Å². The Morgan fingerprint density at radius 1 is 1.39 bits per heavy atom. The molecule has 1 aliphatic heterocycles. The van der Waals surface area contributed by atoms with Crippen molar-refractivity contribution < 1.29 is 0 Å². The first-order chi connectivity index (χ1) is 8.63. The Hall–Kier alpha value is -1.66. The maximum absolute atomic E-state index is 7.14. The van der Waals surface area contributed by atoms with Gasteiger partial charge in [-0.2, -0.15) is 0 Å². The van der Waals surface area contributed by atoms with Gasteiger partial charge in [0.15, 0.2) is 5.96 Å². The van der Waals surface area contributed by atoms with Crippen LogP contribution in [0, 0.1) is 5.41 Å². The molecule has 1 aromatic rings. The fraction of sp³-hybridized carbons (Fsp3) is 0.500. The molecule has 1 aromatic heterocycles. The molecule has 0 bridgehead atoms. The Morgan fingerprint density at radius 2 is 2.11 bits per heavy atom. The number of guanidine groups is 1. The van der Waals surface area contributed by atoms with Gasteiger partial charge in [-0.15, -0.1) is 0 Å². The monoisotopic (exact) mass is 248 g/mol. The van der Waals surface area contributed by atoms with Gasteiger partial charge in [-0.3, -0.25) is 15.3 Å². The topological polar surface area (TPSA) is 81.3 Å². The summed E-state index contributed by atoms with van der Waals surface area (Å²) in [5, 5.41) is 9.86. The second-order valence-electron chi connectivity index (χ2n) is 4.66. The van der Waals surface area contributed by atoms with Crippen LogP contribution >= 0.6 is 0 Å². The van der Waals surface area contributed by atoms with Gasteiger partial charge in [-0.25, -0.2) is 0 Å². The Bertz CT molecular complexity index is 394. The molecule has 0 amide bonds. The molecule has 4 N–H and O–H groups in total. The first kappa shape index (κ1) is 12.8. The average molecular weight is 248 g/mol. The number of rotatable bonds is 3. The summed E-state index contributed by atoms with van der Waals surface area (Å²) in [6.07, 6.45) is 1.72. The van der Waals surface area contributed by atoms with Crippen LogP contribution in [0.4, 0.5) is 5.69 Å². The van der Waals surface area contributed by atoms with E-state index in [2.05, 4.69) is 27.1 Å². The van der Waals surface area contributed by atoms with Crippen molar-refractivity contribution in [3.63, 3.8) is 0 Å². The van der Waals surface area contributed by atoms with Crippen molar-refractivity contribution in [3.05, 3.63) is 24.0 Å². The molecule has 18 heavy (non-hydrogen) atoms. The quantitative estimate of drug-likeness (QED) is 0.523. The van der Waals surface area contributed by atoms with Crippen LogP contribution in [0.25, 0.3) is 0 Å². The summed E-state index contributed by atoms with van der Waals surface area (Å²) in [4.78, 5) is 9.12. The smallest absolute Gasteiger partial charge is 0.190 e. The van der Waals surface area contributed by atoms with E-state index in [-0.39, 0.29) is 5.96 Å². The van der Waals surface area contributed by atoms with Gasteiger partial charge in [0, 0.05) is 32.7 Å². The minimum atomic E-state index is -0.0661. The Kier molecular flexibility index (Phi) is 4.11. The third-order valence-corrected chi connectivity index (χ3v) is 3.09. The SMILES string of the molecule is CN1CCN(Cc2ccc(NC(=N)N)cn2)CC1. The maximum atomic E-state index is 7.14. The Morgan fingerprint density at radius 3 is 2.67 bits per heavy atom. The second kappa shape index (κ2) is 5.79. The van der Waals surface area contributed by atoms with Crippen molar-refractivity contribution in [3.8, 4) is 0 Å². The highest BCUT2D eigenvalue weighted by Crippen LogP contribution is 2.09. The maximum Gasteiger partial charge on any atom is 0.190 e. The second-order valence-corrected chi connectivity index (χ2v) is 4.66. The van der Waals surface area contributed by atoms with Crippen LogP contribution in [0.1, 0.15) is 5.69 Å². The van der Waals surface area contributed by atoms with Crippen molar-refractivity contribution in [1.82, 2.24) is 14.8 Å². The van der Waals surface area contributed by atoms with Crippen LogP contribution in [-0.2, 0) is 6.54 Å². The Labute approximate surface area is 107 Å². The number of nitrogens with one attached hydrogen (secondary N) is 2. The molecule has 6 nitrogen and oxygen atoms in total.